The number of aliphatic imine (C=N–C) groups is 1. The van der Waals surface area contributed by atoms with Crippen LogP contribution in [0.5, 0.6) is 5.75 Å². The number of nitrogens with one attached hydrogen (secondary N) is 3. The number of ether oxygens (including phenoxy) is 1. The molecule has 1 amide bonds. The fourth-order valence-corrected chi connectivity index (χ4v) is 3.64. The van der Waals surface area contributed by atoms with Gasteiger partial charge in [-0.25, -0.2) is 4.99 Å². The van der Waals surface area contributed by atoms with Crippen LogP contribution in [0.15, 0.2) is 53.5 Å². The summed E-state index contributed by atoms with van der Waals surface area (Å²) in [5, 5.41) is 9.65. The maximum atomic E-state index is 11.5. The molecule has 0 bridgehead atoms. The number of amides is 1. The van der Waals surface area contributed by atoms with E-state index in [1.807, 2.05) is 24.3 Å². The molecular weight excluding hydrogens is 529 g/mol. The highest BCUT2D eigenvalue weighted by Crippen LogP contribution is 2.26. The number of hydrogen-bond acceptors (Lipinski definition) is 4. The van der Waals surface area contributed by atoms with Crippen molar-refractivity contribution in [1.82, 2.24) is 15.5 Å². The molecule has 7 nitrogen and oxygen atoms in total. The smallest absolute Gasteiger partial charge is 0.221 e. The Labute approximate surface area is 215 Å². The molecule has 0 fully saturated rings. The highest BCUT2D eigenvalue weighted by atomic mass is 127. The number of guanidine groups is 1. The van der Waals surface area contributed by atoms with Crippen molar-refractivity contribution in [3.63, 3.8) is 0 Å². The Kier molecular flexibility index (Phi) is 13.5. The number of hydrogen-bond donors (Lipinski definition) is 3. The lowest BCUT2D eigenvalue weighted by Gasteiger charge is -2.30. The molecule has 0 aliphatic rings. The quantitative estimate of drug-likeness (QED) is 0.213. The van der Waals surface area contributed by atoms with Crippen LogP contribution in [0, 0.1) is 0 Å². The van der Waals surface area contributed by atoms with Gasteiger partial charge in [-0.05, 0) is 43.3 Å². The van der Waals surface area contributed by atoms with E-state index in [0.29, 0.717) is 18.0 Å². The van der Waals surface area contributed by atoms with Crippen molar-refractivity contribution in [1.29, 1.82) is 0 Å². The summed E-state index contributed by atoms with van der Waals surface area (Å²) in [6.07, 6.45) is 0. The lowest BCUT2D eigenvalue weighted by molar-refractivity contribution is -0.114. The van der Waals surface area contributed by atoms with Gasteiger partial charge in [-0.2, -0.15) is 0 Å². The predicted octanol–water partition coefficient (Wildman–Crippen LogP) is 4.41. The fourth-order valence-electron chi connectivity index (χ4n) is 3.64. The van der Waals surface area contributed by atoms with Crippen LogP contribution in [-0.4, -0.2) is 50.1 Å². The van der Waals surface area contributed by atoms with Gasteiger partial charge in [0.25, 0.3) is 0 Å². The third kappa shape index (κ3) is 9.21. The lowest BCUT2D eigenvalue weighted by Crippen LogP contribution is -2.43. The minimum atomic E-state index is -0.137. The van der Waals surface area contributed by atoms with Crippen molar-refractivity contribution in [2.24, 2.45) is 4.99 Å². The van der Waals surface area contributed by atoms with E-state index in [1.165, 1.54) is 12.5 Å². The third-order valence-corrected chi connectivity index (χ3v) is 5.24. The number of anilines is 1. The van der Waals surface area contributed by atoms with Crippen molar-refractivity contribution < 1.29 is 9.53 Å². The van der Waals surface area contributed by atoms with Gasteiger partial charge in [0.1, 0.15) is 5.75 Å². The second-order valence-corrected chi connectivity index (χ2v) is 7.44. The summed E-state index contributed by atoms with van der Waals surface area (Å²) in [5.41, 5.74) is 2.92. The molecule has 182 valence electrons. The van der Waals surface area contributed by atoms with E-state index in [4.69, 9.17) is 9.73 Å². The topological polar surface area (TPSA) is 78.0 Å². The molecule has 8 heteroatoms. The Morgan fingerprint density at radius 2 is 1.76 bits per heavy atom. The highest BCUT2D eigenvalue weighted by Gasteiger charge is 2.18. The van der Waals surface area contributed by atoms with E-state index in [9.17, 15) is 4.79 Å². The molecule has 3 N–H and O–H groups in total. The molecule has 0 radical (unpaired) electrons. The number of carbonyl (C=O) groups is 1. The van der Waals surface area contributed by atoms with Crippen LogP contribution >= 0.6 is 24.0 Å². The second-order valence-electron chi connectivity index (χ2n) is 7.44. The zero-order valence-electron chi connectivity index (χ0n) is 20.4. The average Bonchev–Trinajstić information content (AvgIpc) is 2.80. The first-order chi connectivity index (χ1) is 15.5. The SMILES string of the molecule is CCNC(=NCc1ccc(OC)c(NC(C)=O)c1)NCC(c1ccccc1)N(CC)CC.I. The van der Waals surface area contributed by atoms with Gasteiger partial charge in [-0.15, -0.1) is 24.0 Å². The Morgan fingerprint density at radius 3 is 2.33 bits per heavy atom. The maximum absolute atomic E-state index is 11.5. The molecule has 33 heavy (non-hydrogen) atoms. The summed E-state index contributed by atoms with van der Waals surface area (Å²) in [5.74, 6) is 1.25. The second kappa shape index (κ2) is 15.5. The molecule has 2 aromatic carbocycles. The predicted molar refractivity (Wildman–Crippen MR) is 148 cm³/mol. The van der Waals surface area contributed by atoms with Crippen LogP contribution in [0.1, 0.15) is 44.9 Å². The first kappa shape index (κ1) is 28.7. The van der Waals surface area contributed by atoms with Crippen LogP contribution in [-0.2, 0) is 11.3 Å². The Morgan fingerprint density at radius 1 is 1.06 bits per heavy atom. The number of rotatable bonds is 11. The summed E-state index contributed by atoms with van der Waals surface area (Å²) in [7, 11) is 1.59. The van der Waals surface area contributed by atoms with Crippen molar-refractivity contribution >= 4 is 41.5 Å². The monoisotopic (exact) mass is 567 g/mol. The van der Waals surface area contributed by atoms with Crippen molar-refractivity contribution in [3.05, 3.63) is 59.7 Å². The average molecular weight is 568 g/mol. The molecular formula is C25H38IN5O2. The van der Waals surface area contributed by atoms with Gasteiger partial charge >= 0.3 is 0 Å². The molecule has 0 heterocycles. The van der Waals surface area contributed by atoms with Gasteiger partial charge in [0.15, 0.2) is 5.96 Å². The first-order valence-electron chi connectivity index (χ1n) is 11.3. The molecule has 0 spiro atoms. The summed E-state index contributed by atoms with van der Waals surface area (Å²) < 4.78 is 5.34. The third-order valence-electron chi connectivity index (χ3n) is 5.24. The molecule has 2 rings (SSSR count). The minimum Gasteiger partial charge on any atom is -0.495 e. The fraction of sp³-hybridized carbons (Fsp3) is 0.440. The Bertz CT molecular complexity index is 872. The van der Waals surface area contributed by atoms with Crippen LogP contribution in [0.2, 0.25) is 0 Å². The molecule has 0 aliphatic heterocycles. The molecule has 0 aliphatic carbocycles. The Hall–Kier alpha value is -2.33. The number of likely N-dealkylation sites (N-methyl/N-ethyl adjacent to an activating group) is 1. The minimum absolute atomic E-state index is 0. The molecule has 0 aromatic heterocycles. The highest BCUT2D eigenvalue weighted by molar-refractivity contribution is 14.0. The zero-order valence-corrected chi connectivity index (χ0v) is 22.7. The standard InChI is InChI=1S/C25H37N5O2.HI/c1-6-26-25(27-17-20-14-15-24(32-5)22(16-20)29-19(4)31)28-18-23(30(7-2)8-3)21-12-10-9-11-13-21;/h9-16,23H,6-8,17-18H2,1-5H3,(H,29,31)(H2,26,27,28);1H. The van der Waals surface area contributed by atoms with Gasteiger partial charge in [-0.3, -0.25) is 9.69 Å². The zero-order chi connectivity index (χ0) is 23.3. The van der Waals surface area contributed by atoms with Gasteiger partial charge in [0.2, 0.25) is 5.91 Å². The first-order valence-corrected chi connectivity index (χ1v) is 11.3. The van der Waals surface area contributed by atoms with Gasteiger partial charge in [0, 0.05) is 20.0 Å². The van der Waals surface area contributed by atoms with E-state index in [-0.39, 0.29) is 35.9 Å². The summed E-state index contributed by atoms with van der Waals surface area (Å²) >= 11 is 0. The van der Waals surface area contributed by atoms with Crippen molar-refractivity contribution in [2.75, 3.05) is 38.6 Å². The van der Waals surface area contributed by atoms with E-state index < -0.39 is 0 Å². The summed E-state index contributed by atoms with van der Waals surface area (Å²) in [6.45, 7) is 11.9. The van der Waals surface area contributed by atoms with E-state index in [1.54, 1.807) is 7.11 Å². The van der Waals surface area contributed by atoms with Crippen LogP contribution in [0.3, 0.4) is 0 Å². The molecule has 1 unspecified atom stereocenters. The normalized spacial score (nSPS) is 12.0. The van der Waals surface area contributed by atoms with E-state index >= 15 is 0 Å². The molecule has 1 atom stereocenters. The lowest BCUT2D eigenvalue weighted by atomic mass is 10.1. The molecule has 2 aromatic rings. The molecule has 0 saturated carbocycles. The number of carbonyl (C=O) groups excluding carboxylic acids is 1. The Balaban J connectivity index is 0.00000544. The largest absolute Gasteiger partial charge is 0.495 e. The summed E-state index contributed by atoms with van der Waals surface area (Å²) in [6, 6.07) is 16.5. The van der Waals surface area contributed by atoms with Crippen LogP contribution < -0.4 is 20.7 Å². The summed E-state index contributed by atoms with van der Waals surface area (Å²) in [4.78, 5) is 18.7. The van der Waals surface area contributed by atoms with Crippen LogP contribution in [0.25, 0.3) is 0 Å². The number of methoxy groups -OCH3 is 1. The van der Waals surface area contributed by atoms with Gasteiger partial charge in [0.05, 0.1) is 25.4 Å². The van der Waals surface area contributed by atoms with Crippen LogP contribution in [0.4, 0.5) is 5.69 Å². The van der Waals surface area contributed by atoms with Crippen molar-refractivity contribution in [3.8, 4) is 5.75 Å². The number of halogens is 1. The van der Waals surface area contributed by atoms with Gasteiger partial charge in [-0.1, -0.05) is 50.2 Å². The van der Waals surface area contributed by atoms with Crippen molar-refractivity contribution in [2.45, 2.75) is 40.3 Å². The number of benzene rings is 2. The van der Waals surface area contributed by atoms with E-state index in [0.717, 1.165) is 37.7 Å². The number of nitrogens with zero attached hydrogens (tertiary/aromatic N) is 2. The van der Waals surface area contributed by atoms with E-state index in [2.05, 4.69) is 65.9 Å². The molecule has 0 saturated heterocycles. The van der Waals surface area contributed by atoms with Gasteiger partial charge < -0.3 is 20.7 Å². The maximum Gasteiger partial charge on any atom is 0.221 e.